The summed E-state index contributed by atoms with van der Waals surface area (Å²) in [5.41, 5.74) is 5.65. The molecule has 2 saturated carbocycles. The van der Waals surface area contributed by atoms with Crippen molar-refractivity contribution in [2.24, 2.45) is 11.8 Å². The number of benzene rings is 2. The summed E-state index contributed by atoms with van der Waals surface area (Å²) in [6.45, 7) is 5.93. The molecule has 5 nitrogen and oxygen atoms in total. The highest BCUT2D eigenvalue weighted by Crippen LogP contribution is 2.43. The number of nitrogens with two attached hydrogens (primary N) is 1. The Labute approximate surface area is 179 Å². The molecule has 5 heteroatoms. The van der Waals surface area contributed by atoms with Gasteiger partial charge in [-0.1, -0.05) is 18.7 Å². The van der Waals surface area contributed by atoms with Gasteiger partial charge in [-0.25, -0.2) is 5.84 Å². The molecule has 30 heavy (non-hydrogen) atoms. The number of hydrazine groups is 1. The second-order valence-electron chi connectivity index (χ2n) is 8.15. The van der Waals surface area contributed by atoms with Crippen LogP contribution in [0.15, 0.2) is 49.2 Å². The number of Topliss-reactive ketones (excluding diaryl/α,β-unsaturated/α-hetero) is 1. The average Bonchev–Trinajstić information content (AvgIpc) is 3.65. The molecule has 2 aromatic rings. The van der Waals surface area contributed by atoms with Crippen LogP contribution < -0.4 is 15.9 Å². The number of carbonyl (C=O) groups is 1. The van der Waals surface area contributed by atoms with Crippen LogP contribution in [0.2, 0.25) is 0 Å². The van der Waals surface area contributed by atoms with E-state index in [0.29, 0.717) is 12.5 Å². The van der Waals surface area contributed by atoms with Crippen LogP contribution in [0.3, 0.4) is 0 Å². The molecule has 160 valence electrons. The fraction of sp³-hybridized carbons (Fsp3) is 0.400. The first-order chi connectivity index (χ1) is 14.4. The zero-order chi connectivity index (χ0) is 21.7. The fourth-order valence-corrected chi connectivity index (χ4v) is 3.47. The predicted octanol–water partition coefficient (Wildman–Crippen LogP) is 5.02. The van der Waals surface area contributed by atoms with Gasteiger partial charge in [-0.15, -0.1) is 0 Å². The van der Waals surface area contributed by atoms with E-state index < -0.39 is 0 Å². The fourth-order valence-electron chi connectivity index (χ4n) is 3.47. The lowest BCUT2D eigenvalue weighted by Crippen LogP contribution is -2.17. The van der Waals surface area contributed by atoms with Crippen molar-refractivity contribution in [3.8, 4) is 5.75 Å². The third-order valence-electron chi connectivity index (χ3n) is 5.57. The van der Waals surface area contributed by atoms with Crippen LogP contribution in [0, 0.1) is 12.8 Å². The van der Waals surface area contributed by atoms with E-state index in [4.69, 9.17) is 10.6 Å². The Morgan fingerprint density at radius 3 is 2.50 bits per heavy atom. The van der Waals surface area contributed by atoms with Crippen molar-refractivity contribution >= 4 is 11.5 Å². The standard InChI is InChI=1S/C22H25NO2.C3H8N2/c1-14-12-17(22(24)16-8-9-16)10-11-21(14)25-13-19-18(15-6-7-15)4-3-5-20(19)23-2;1-3-5(2)4/h3-5,10-12,15-16,23H,6-9,13H2,1-2H3;3H,1,4H2,2H3. The summed E-state index contributed by atoms with van der Waals surface area (Å²) in [5.74, 6) is 7.10. The van der Waals surface area contributed by atoms with Crippen LogP contribution in [0.1, 0.15) is 58.6 Å². The lowest BCUT2D eigenvalue weighted by Gasteiger charge is -2.16. The molecule has 4 rings (SSSR count). The molecule has 0 saturated heterocycles. The van der Waals surface area contributed by atoms with Crippen molar-refractivity contribution in [2.75, 3.05) is 19.4 Å². The van der Waals surface area contributed by atoms with E-state index in [9.17, 15) is 4.79 Å². The molecule has 0 heterocycles. The highest BCUT2D eigenvalue weighted by Gasteiger charge is 2.30. The number of rotatable bonds is 8. The highest BCUT2D eigenvalue weighted by atomic mass is 16.5. The number of aryl methyl sites for hydroxylation is 1. The molecule has 2 aliphatic rings. The maximum atomic E-state index is 12.2. The minimum Gasteiger partial charge on any atom is -0.489 e. The Bertz CT molecular complexity index is 899. The number of hydrogen-bond acceptors (Lipinski definition) is 5. The lowest BCUT2D eigenvalue weighted by atomic mass is 10.0. The summed E-state index contributed by atoms with van der Waals surface area (Å²) in [5, 5.41) is 4.68. The predicted molar refractivity (Wildman–Crippen MR) is 123 cm³/mol. The van der Waals surface area contributed by atoms with Gasteiger partial charge in [-0.3, -0.25) is 4.79 Å². The van der Waals surface area contributed by atoms with Crippen molar-refractivity contribution in [3.63, 3.8) is 0 Å². The molecule has 0 spiro atoms. The van der Waals surface area contributed by atoms with Gasteiger partial charge in [0.25, 0.3) is 0 Å². The molecule has 3 N–H and O–H groups in total. The molecule has 0 radical (unpaired) electrons. The van der Waals surface area contributed by atoms with E-state index in [2.05, 4.69) is 30.1 Å². The van der Waals surface area contributed by atoms with Gasteiger partial charge in [-0.2, -0.15) is 0 Å². The first kappa shape index (κ1) is 21.9. The first-order valence-electron chi connectivity index (χ1n) is 10.6. The molecule has 0 unspecified atom stereocenters. The van der Waals surface area contributed by atoms with Crippen LogP contribution in [0.4, 0.5) is 5.69 Å². The molecular weight excluding hydrogens is 374 g/mol. The van der Waals surface area contributed by atoms with E-state index in [-0.39, 0.29) is 11.7 Å². The van der Waals surface area contributed by atoms with Gasteiger partial charge in [0.1, 0.15) is 12.4 Å². The zero-order valence-electron chi connectivity index (χ0n) is 18.3. The number of ether oxygens (including phenoxy) is 1. The Kier molecular flexibility index (Phi) is 7.16. The third-order valence-corrected chi connectivity index (χ3v) is 5.57. The minimum absolute atomic E-state index is 0.259. The number of ketones is 1. The van der Waals surface area contributed by atoms with Crippen LogP contribution in [0.5, 0.6) is 5.75 Å². The van der Waals surface area contributed by atoms with Gasteiger partial charge >= 0.3 is 0 Å². The molecule has 0 amide bonds. The van der Waals surface area contributed by atoms with E-state index in [1.807, 2.05) is 32.2 Å². The Morgan fingerprint density at radius 1 is 1.27 bits per heavy atom. The molecule has 2 fully saturated rings. The quantitative estimate of drug-likeness (QED) is 0.365. The van der Waals surface area contributed by atoms with Gasteiger partial charge < -0.3 is 15.1 Å². The van der Waals surface area contributed by atoms with E-state index >= 15 is 0 Å². The van der Waals surface area contributed by atoms with Gasteiger partial charge in [0, 0.05) is 43.0 Å². The van der Waals surface area contributed by atoms with Crippen molar-refractivity contribution in [1.29, 1.82) is 0 Å². The van der Waals surface area contributed by atoms with Crippen molar-refractivity contribution < 1.29 is 9.53 Å². The lowest BCUT2D eigenvalue weighted by molar-refractivity contribution is 0.0967. The monoisotopic (exact) mass is 407 g/mol. The maximum absolute atomic E-state index is 12.2. The van der Waals surface area contributed by atoms with E-state index in [0.717, 1.165) is 35.4 Å². The number of carbonyl (C=O) groups excluding carboxylic acids is 1. The van der Waals surface area contributed by atoms with Crippen LogP contribution in [-0.2, 0) is 6.61 Å². The summed E-state index contributed by atoms with van der Waals surface area (Å²) in [7, 11) is 3.67. The molecule has 0 aromatic heterocycles. The maximum Gasteiger partial charge on any atom is 0.165 e. The minimum atomic E-state index is 0.259. The molecule has 2 aromatic carbocycles. The normalized spacial score (nSPS) is 14.9. The molecule has 0 atom stereocenters. The summed E-state index contributed by atoms with van der Waals surface area (Å²) >= 11 is 0. The van der Waals surface area contributed by atoms with Crippen LogP contribution >= 0.6 is 0 Å². The van der Waals surface area contributed by atoms with Crippen molar-refractivity contribution in [1.82, 2.24) is 5.01 Å². The highest BCUT2D eigenvalue weighted by molar-refractivity contribution is 5.99. The largest absolute Gasteiger partial charge is 0.489 e. The van der Waals surface area contributed by atoms with Crippen molar-refractivity contribution in [2.45, 2.75) is 45.1 Å². The summed E-state index contributed by atoms with van der Waals surface area (Å²) in [6.07, 6.45) is 6.16. The summed E-state index contributed by atoms with van der Waals surface area (Å²) in [6, 6.07) is 12.3. The molecule has 2 aliphatic carbocycles. The molecular formula is C25H33N3O2. The summed E-state index contributed by atoms with van der Waals surface area (Å²) in [4.78, 5) is 12.2. The second kappa shape index (κ2) is 9.81. The Hall–Kier alpha value is -2.79. The van der Waals surface area contributed by atoms with Crippen LogP contribution in [0.25, 0.3) is 0 Å². The SMILES string of the molecule is C=CN(C)N.CNc1cccc(C2CC2)c1COc1ccc(C(=O)C2CC2)cc1C. The number of hydrogen-bond donors (Lipinski definition) is 2. The van der Waals surface area contributed by atoms with Gasteiger partial charge in [0.2, 0.25) is 0 Å². The van der Waals surface area contributed by atoms with E-state index in [1.54, 1.807) is 7.05 Å². The summed E-state index contributed by atoms with van der Waals surface area (Å²) < 4.78 is 6.14. The third kappa shape index (κ3) is 5.63. The topological polar surface area (TPSA) is 67.6 Å². The Balaban J connectivity index is 0.000000461. The smallest absolute Gasteiger partial charge is 0.165 e. The Morgan fingerprint density at radius 2 is 1.97 bits per heavy atom. The van der Waals surface area contributed by atoms with Gasteiger partial charge in [0.15, 0.2) is 5.78 Å². The van der Waals surface area contributed by atoms with E-state index in [1.165, 1.54) is 35.2 Å². The second-order valence-corrected chi connectivity index (χ2v) is 8.15. The molecule has 0 aliphatic heterocycles. The molecule has 0 bridgehead atoms. The van der Waals surface area contributed by atoms with Gasteiger partial charge in [-0.05, 0) is 73.9 Å². The number of anilines is 1. The van der Waals surface area contributed by atoms with Crippen molar-refractivity contribution in [3.05, 3.63) is 71.4 Å². The van der Waals surface area contributed by atoms with Crippen LogP contribution in [-0.4, -0.2) is 24.9 Å². The number of nitrogens with zero attached hydrogens (tertiary/aromatic N) is 1. The zero-order valence-corrected chi connectivity index (χ0v) is 18.3. The van der Waals surface area contributed by atoms with Gasteiger partial charge in [0.05, 0.1) is 0 Å². The average molecular weight is 408 g/mol. The number of nitrogens with one attached hydrogen (secondary N) is 1. The first-order valence-corrected chi connectivity index (χ1v) is 10.6.